The second kappa shape index (κ2) is 6.82. The fourth-order valence-corrected chi connectivity index (χ4v) is 4.52. The van der Waals surface area contributed by atoms with Gasteiger partial charge in [-0.15, -0.1) is 0 Å². The molecule has 1 N–H and O–H groups in total. The highest BCUT2D eigenvalue weighted by molar-refractivity contribution is 6.36. The van der Waals surface area contributed by atoms with E-state index in [-0.39, 0.29) is 17.5 Å². The van der Waals surface area contributed by atoms with E-state index in [1.165, 1.54) is 4.57 Å². The van der Waals surface area contributed by atoms with Gasteiger partial charge in [-0.25, -0.2) is 4.57 Å². The predicted molar refractivity (Wildman–Crippen MR) is 103 cm³/mol. The standard InChI is InChI=1S/C20H21Cl2NO3/c1-11-4-2-7-17(11)26-18-10-16(14(21)9-15(18)22)23-19(24)12-5-3-6-13(8-12)20(23)25/h8-11,17,24H,2-7H2,1H3. The Bertz CT molecular complexity index is 922. The van der Waals surface area contributed by atoms with Gasteiger partial charge in [-0.3, -0.25) is 4.79 Å². The number of nitrogens with zero attached hydrogens (tertiary/aromatic N) is 1. The number of rotatable bonds is 3. The van der Waals surface area contributed by atoms with Gasteiger partial charge in [0.15, 0.2) is 0 Å². The van der Waals surface area contributed by atoms with Crippen molar-refractivity contribution in [2.45, 2.75) is 51.6 Å². The largest absolute Gasteiger partial charge is 0.494 e. The molecule has 1 fully saturated rings. The van der Waals surface area contributed by atoms with Crippen molar-refractivity contribution in [1.82, 2.24) is 4.57 Å². The van der Waals surface area contributed by atoms with Crippen molar-refractivity contribution in [3.8, 4) is 17.3 Å². The van der Waals surface area contributed by atoms with Gasteiger partial charge in [0.25, 0.3) is 5.56 Å². The lowest BCUT2D eigenvalue weighted by Crippen LogP contribution is -2.26. The van der Waals surface area contributed by atoms with Crippen LogP contribution in [-0.2, 0) is 12.8 Å². The molecule has 6 heteroatoms. The van der Waals surface area contributed by atoms with Crippen LogP contribution in [0.3, 0.4) is 0 Å². The van der Waals surface area contributed by atoms with Gasteiger partial charge in [-0.05, 0) is 56.6 Å². The third-order valence-corrected chi connectivity index (χ3v) is 6.12. The molecule has 26 heavy (non-hydrogen) atoms. The van der Waals surface area contributed by atoms with Gasteiger partial charge in [0.1, 0.15) is 11.9 Å². The molecule has 4 rings (SSSR count). The Hall–Kier alpha value is -1.65. The first kappa shape index (κ1) is 17.7. The summed E-state index contributed by atoms with van der Waals surface area (Å²) in [5.74, 6) is 0.907. The van der Waals surface area contributed by atoms with Crippen LogP contribution < -0.4 is 10.3 Å². The van der Waals surface area contributed by atoms with Gasteiger partial charge in [0.05, 0.1) is 15.7 Å². The van der Waals surface area contributed by atoms with Crippen LogP contribution in [0.5, 0.6) is 11.6 Å². The summed E-state index contributed by atoms with van der Waals surface area (Å²) in [5, 5.41) is 11.3. The Morgan fingerprint density at radius 1 is 1.08 bits per heavy atom. The molecule has 2 aliphatic rings. The monoisotopic (exact) mass is 393 g/mol. The molecule has 4 nitrogen and oxygen atoms in total. The quantitative estimate of drug-likeness (QED) is 0.805. The first-order chi connectivity index (χ1) is 12.5. The number of aromatic nitrogens is 1. The summed E-state index contributed by atoms with van der Waals surface area (Å²) in [5.41, 5.74) is 1.63. The van der Waals surface area contributed by atoms with E-state index in [0.29, 0.717) is 39.4 Å². The van der Waals surface area contributed by atoms with Crippen LogP contribution in [0.1, 0.15) is 43.7 Å². The van der Waals surface area contributed by atoms with Crippen molar-refractivity contribution in [3.63, 3.8) is 0 Å². The highest BCUT2D eigenvalue weighted by Crippen LogP contribution is 2.38. The Balaban J connectivity index is 1.82. The Kier molecular flexibility index (Phi) is 4.66. The van der Waals surface area contributed by atoms with Gasteiger partial charge in [0.2, 0.25) is 5.88 Å². The van der Waals surface area contributed by atoms with Gasteiger partial charge >= 0.3 is 0 Å². The number of halogens is 2. The second-order valence-corrected chi connectivity index (χ2v) is 8.13. The van der Waals surface area contributed by atoms with Crippen LogP contribution >= 0.6 is 23.2 Å². The average molecular weight is 394 g/mol. The number of fused-ring (bicyclic) bond motifs is 2. The van der Waals surface area contributed by atoms with Gasteiger partial charge in [0, 0.05) is 17.2 Å². The summed E-state index contributed by atoms with van der Waals surface area (Å²) < 4.78 is 7.41. The van der Waals surface area contributed by atoms with Crippen molar-refractivity contribution in [2.75, 3.05) is 0 Å². The van der Waals surface area contributed by atoms with Gasteiger partial charge in [-0.1, -0.05) is 30.1 Å². The maximum atomic E-state index is 12.8. The van der Waals surface area contributed by atoms with Crippen molar-refractivity contribution in [1.29, 1.82) is 0 Å². The zero-order valence-electron chi connectivity index (χ0n) is 14.6. The lowest BCUT2D eigenvalue weighted by atomic mass is 9.97. The molecular weight excluding hydrogens is 373 g/mol. The normalized spacial score (nSPS) is 21.8. The first-order valence-electron chi connectivity index (χ1n) is 9.08. The van der Waals surface area contributed by atoms with E-state index in [4.69, 9.17) is 27.9 Å². The van der Waals surface area contributed by atoms with E-state index >= 15 is 0 Å². The van der Waals surface area contributed by atoms with Crippen molar-refractivity contribution >= 4 is 23.2 Å². The van der Waals surface area contributed by atoms with Crippen LogP contribution in [0, 0.1) is 5.92 Å². The van der Waals surface area contributed by atoms with Crippen LogP contribution in [0.2, 0.25) is 10.0 Å². The molecular formula is C20H21Cl2NO3. The van der Waals surface area contributed by atoms with E-state index in [2.05, 4.69) is 6.92 Å². The molecule has 1 saturated carbocycles. The number of hydrogen-bond donors (Lipinski definition) is 1. The SMILES string of the molecule is CC1CCCC1Oc1cc(-n2c(O)c3cc(c2=O)CCC3)c(Cl)cc1Cl. The van der Waals surface area contributed by atoms with Crippen molar-refractivity contribution in [2.24, 2.45) is 5.92 Å². The summed E-state index contributed by atoms with van der Waals surface area (Å²) in [6, 6.07) is 5.04. The summed E-state index contributed by atoms with van der Waals surface area (Å²) in [7, 11) is 0. The molecule has 1 aromatic carbocycles. The fraction of sp³-hybridized carbons (Fsp3) is 0.450. The molecule has 2 atom stereocenters. The summed E-state index contributed by atoms with van der Waals surface area (Å²) in [4.78, 5) is 12.8. The summed E-state index contributed by atoms with van der Waals surface area (Å²) in [6.07, 6.45) is 5.68. The summed E-state index contributed by atoms with van der Waals surface area (Å²) in [6.45, 7) is 2.17. The average Bonchev–Trinajstić information content (AvgIpc) is 3.02. The third kappa shape index (κ3) is 2.99. The molecule has 0 amide bonds. The Morgan fingerprint density at radius 3 is 2.58 bits per heavy atom. The minimum absolute atomic E-state index is 0.0529. The van der Waals surface area contributed by atoms with E-state index in [1.807, 2.05) is 0 Å². The van der Waals surface area contributed by atoms with Gasteiger partial charge < -0.3 is 9.84 Å². The molecule has 0 spiro atoms. The molecule has 0 aliphatic heterocycles. The van der Waals surface area contributed by atoms with Crippen LogP contribution in [0.15, 0.2) is 23.0 Å². The lowest BCUT2D eigenvalue weighted by Gasteiger charge is -2.22. The smallest absolute Gasteiger partial charge is 0.261 e. The predicted octanol–water partition coefficient (Wildman–Crippen LogP) is 4.91. The highest BCUT2D eigenvalue weighted by Gasteiger charge is 2.27. The zero-order valence-corrected chi connectivity index (χ0v) is 16.1. The van der Waals surface area contributed by atoms with Crippen molar-refractivity contribution < 1.29 is 9.84 Å². The number of hydrogen-bond acceptors (Lipinski definition) is 3. The van der Waals surface area contributed by atoms with E-state index < -0.39 is 0 Å². The third-order valence-electron chi connectivity index (χ3n) is 5.52. The molecule has 2 unspecified atom stereocenters. The number of benzene rings is 1. The molecule has 2 bridgehead atoms. The first-order valence-corrected chi connectivity index (χ1v) is 9.84. The second-order valence-electron chi connectivity index (χ2n) is 7.31. The number of aromatic hydroxyl groups is 1. The Labute approximate surface area is 162 Å². The fourth-order valence-electron chi connectivity index (χ4n) is 4.01. The lowest BCUT2D eigenvalue weighted by molar-refractivity contribution is 0.168. The van der Waals surface area contributed by atoms with E-state index in [1.54, 1.807) is 18.2 Å². The number of pyridine rings is 1. The van der Waals surface area contributed by atoms with Crippen LogP contribution in [-0.4, -0.2) is 15.8 Å². The maximum absolute atomic E-state index is 12.8. The minimum atomic E-state index is -0.240. The van der Waals surface area contributed by atoms with Crippen LogP contribution in [0.4, 0.5) is 0 Å². The Morgan fingerprint density at radius 2 is 1.85 bits per heavy atom. The molecule has 2 aromatic rings. The molecule has 1 aromatic heterocycles. The minimum Gasteiger partial charge on any atom is -0.494 e. The molecule has 1 heterocycles. The highest BCUT2D eigenvalue weighted by atomic mass is 35.5. The maximum Gasteiger partial charge on any atom is 0.261 e. The topological polar surface area (TPSA) is 51.5 Å². The van der Waals surface area contributed by atoms with E-state index in [0.717, 1.165) is 37.7 Å². The van der Waals surface area contributed by atoms with Crippen molar-refractivity contribution in [3.05, 3.63) is 49.7 Å². The number of ether oxygens (including phenoxy) is 1. The molecule has 138 valence electrons. The van der Waals surface area contributed by atoms with Gasteiger partial charge in [-0.2, -0.15) is 0 Å². The summed E-state index contributed by atoms with van der Waals surface area (Å²) >= 11 is 12.7. The molecule has 0 saturated heterocycles. The number of aryl methyl sites for hydroxylation is 2. The molecule has 0 radical (unpaired) electrons. The zero-order chi connectivity index (χ0) is 18.4. The molecule has 2 aliphatic carbocycles. The van der Waals surface area contributed by atoms with E-state index in [9.17, 15) is 9.90 Å². The van der Waals surface area contributed by atoms with Crippen LogP contribution in [0.25, 0.3) is 5.69 Å².